The van der Waals surface area contributed by atoms with Crippen molar-refractivity contribution in [2.24, 2.45) is 0 Å². The Morgan fingerprint density at radius 3 is 1.96 bits per heavy atom. The normalized spacial score (nSPS) is 10.4. The van der Waals surface area contributed by atoms with Crippen LogP contribution in [0.3, 0.4) is 0 Å². The topological polar surface area (TPSA) is 142 Å². The van der Waals surface area contributed by atoms with Crippen LogP contribution in [0.1, 0.15) is 20.7 Å². The van der Waals surface area contributed by atoms with E-state index in [1.165, 1.54) is 32.4 Å². The fourth-order valence-corrected chi connectivity index (χ4v) is 2.57. The first-order chi connectivity index (χ1) is 13.4. The minimum Gasteiger partial charge on any atom is -0.465 e. The Balaban J connectivity index is 1.82. The van der Waals surface area contributed by atoms with Crippen LogP contribution in [-0.4, -0.2) is 42.2 Å². The molecular weight excluding hydrogens is 368 g/mol. The molecule has 0 aliphatic heterocycles. The lowest BCUT2D eigenvalue weighted by Gasteiger charge is -2.10. The van der Waals surface area contributed by atoms with E-state index in [1.807, 2.05) is 0 Å². The van der Waals surface area contributed by atoms with Gasteiger partial charge in [-0.1, -0.05) is 0 Å². The highest BCUT2D eigenvalue weighted by Gasteiger charge is 2.15. The Kier molecular flexibility index (Phi) is 5.12. The highest BCUT2D eigenvalue weighted by atomic mass is 16.5. The summed E-state index contributed by atoms with van der Waals surface area (Å²) in [5.41, 5.74) is 1.55. The summed E-state index contributed by atoms with van der Waals surface area (Å²) in [7, 11) is 2.41. The van der Waals surface area contributed by atoms with E-state index in [0.29, 0.717) is 16.7 Å². The van der Waals surface area contributed by atoms with Crippen molar-refractivity contribution in [1.82, 2.24) is 9.97 Å². The average molecular weight is 384 g/mol. The van der Waals surface area contributed by atoms with Gasteiger partial charge in [0.15, 0.2) is 0 Å². The molecule has 10 nitrogen and oxygen atoms in total. The van der Waals surface area contributed by atoms with Crippen LogP contribution >= 0.6 is 0 Å². The van der Waals surface area contributed by atoms with Gasteiger partial charge in [0.05, 0.1) is 36.4 Å². The number of carbonyl (C=O) groups excluding carboxylic acids is 3. The molecule has 0 atom stereocenters. The lowest BCUT2D eigenvalue weighted by Crippen LogP contribution is -2.20. The average Bonchev–Trinajstić information content (AvgIpc) is 3.05. The molecule has 0 fully saturated rings. The molecule has 0 spiro atoms. The summed E-state index contributed by atoms with van der Waals surface area (Å²) in [6, 6.07) is 8.24. The molecule has 3 aromatic rings. The minimum absolute atomic E-state index is 0.0759. The Hall–Kier alpha value is -4.08. The summed E-state index contributed by atoms with van der Waals surface area (Å²) < 4.78 is 9.30. The predicted molar refractivity (Wildman–Crippen MR) is 101 cm³/mol. The van der Waals surface area contributed by atoms with Gasteiger partial charge < -0.3 is 30.1 Å². The second kappa shape index (κ2) is 7.66. The molecule has 0 saturated carbocycles. The second-order valence-electron chi connectivity index (χ2n) is 5.70. The van der Waals surface area contributed by atoms with Gasteiger partial charge in [0.1, 0.15) is 0 Å². The Labute approximate surface area is 157 Å². The van der Waals surface area contributed by atoms with Gasteiger partial charge in [-0.2, -0.15) is 0 Å². The van der Waals surface area contributed by atoms with Gasteiger partial charge in [-0.05, 0) is 36.4 Å². The van der Waals surface area contributed by atoms with Crippen molar-refractivity contribution >= 4 is 40.4 Å². The van der Waals surface area contributed by atoms with Crippen molar-refractivity contribution in [2.75, 3.05) is 24.9 Å². The number of ether oxygens (including phenoxy) is 2. The van der Waals surface area contributed by atoms with Crippen LogP contribution in [0.2, 0.25) is 0 Å². The third kappa shape index (κ3) is 4.01. The third-order valence-electron chi connectivity index (χ3n) is 3.81. The number of imidazole rings is 1. The lowest BCUT2D eigenvalue weighted by atomic mass is 10.1. The van der Waals surface area contributed by atoms with E-state index >= 15 is 0 Å². The highest BCUT2D eigenvalue weighted by Crippen LogP contribution is 2.18. The number of methoxy groups -OCH3 is 2. The first kappa shape index (κ1) is 18.7. The van der Waals surface area contributed by atoms with Crippen molar-refractivity contribution in [1.29, 1.82) is 0 Å². The molecule has 0 saturated heterocycles. The van der Waals surface area contributed by atoms with Crippen LogP contribution < -0.4 is 16.3 Å². The monoisotopic (exact) mass is 384 g/mol. The standard InChI is InChI=1S/C18H16N4O6/c1-27-15(23)9-5-10(16(24)28-2)7-12(6-9)20-17(25)19-11-3-4-13-14(8-11)22-18(26)21-13/h3-8H,1-2H3,(H2,19,20,25)(H2,21,22,26). The van der Waals surface area contributed by atoms with E-state index in [9.17, 15) is 19.2 Å². The Bertz CT molecular complexity index is 1100. The number of benzene rings is 2. The van der Waals surface area contributed by atoms with Crippen LogP contribution in [-0.2, 0) is 9.47 Å². The van der Waals surface area contributed by atoms with Gasteiger partial charge in [0.25, 0.3) is 0 Å². The van der Waals surface area contributed by atoms with E-state index in [4.69, 9.17) is 0 Å². The zero-order valence-electron chi connectivity index (χ0n) is 14.9. The lowest BCUT2D eigenvalue weighted by molar-refractivity contribution is 0.0599. The molecule has 2 amide bonds. The number of rotatable bonds is 4. The number of anilines is 2. The van der Waals surface area contributed by atoms with Crippen LogP contribution in [0.4, 0.5) is 16.2 Å². The number of nitrogens with one attached hydrogen (secondary N) is 4. The summed E-state index contributed by atoms with van der Waals surface area (Å²) in [6.45, 7) is 0. The molecular formula is C18H16N4O6. The molecule has 144 valence electrons. The number of H-pyrrole nitrogens is 2. The predicted octanol–water partition coefficient (Wildman–Crippen LogP) is 2.07. The van der Waals surface area contributed by atoms with Crippen molar-refractivity contribution in [3.05, 3.63) is 58.0 Å². The van der Waals surface area contributed by atoms with E-state index in [0.717, 1.165) is 0 Å². The number of amides is 2. The minimum atomic E-state index is -0.670. The van der Waals surface area contributed by atoms with Gasteiger partial charge >= 0.3 is 23.7 Å². The first-order valence-corrected chi connectivity index (χ1v) is 8.01. The van der Waals surface area contributed by atoms with Gasteiger partial charge in [-0.15, -0.1) is 0 Å². The largest absolute Gasteiger partial charge is 0.465 e. The van der Waals surface area contributed by atoms with Crippen molar-refractivity contribution in [2.45, 2.75) is 0 Å². The summed E-state index contributed by atoms with van der Waals surface area (Å²) in [4.78, 5) is 52.4. The molecule has 0 unspecified atom stereocenters. The Morgan fingerprint density at radius 2 is 1.36 bits per heavy atom. The number of hydrogen-bond acceptors (Lipinski definition) is 6. The zero-order valence-corrected chi connectivity index (χ0v) is 14.9. The van der Waals surface area contributed by atoms with Crippen LogP contribution in [0.15, 0.2) is 41.2 Å². The molecule has 0 aliphatic carbocycles. The molecule has 4 N–H and O–H groups in total. The van der Waals surface area contributed by atoms with Crippen LogP contribution in [0.25, 0.3) is 11.0 Å². The maximum Gasteiger partial charge on any atom is 0.337 e. The first-order valence-electron chi connectivity index (χ1n) is 8.01. The molecule has 2 aromatic carbocycles. The smallest absolute Gasteiger partial charge is 0.337 e. The van der Waals surface area contributed by atoms with E-state index < -0.39 is 18.0 Å². The number of esters is 2. The van der Waals surface area contributed by atoms with Crippen molar-refractivity contribution in [3.63, 3.8) is 0 Å². The fourth-order valence-electron chi connectivity index (χ4n) is 2.57. The maximum atomic E-state index is 12.3. The van der Waals surface area contributed by atoms with Crippen LogP contribution in [0, 0.1) is 0 Å². The van der Waals surface area contributed by atoms with E-state index in [1.54, 1.807) is 18.2 Å². The molecule has 1 aromatic heterocycles. The number of fused-ring (bicyclic) bond motifs is 1. The Morgan fingerprint density at radius 1 is 0.786 bits per heavy atom. The maximum absolute atomic E-state index is 12.3. The molecule has 1 heterocycles. The molecule has 28 heavy (non-hydrogen) atoms. The van der Waals surface area contributed by atoms with Gasteiger partial charge in [-0.25, -0.2) is 19.2 Å². The summed E-state index contributed by atoms with van der Waals surface area (Å²) in [6.07, 6.45) is 0. The van der Waals surface area contributed by atoms with Gasteiger partial charge in [0, 0.05) is 11.4 Å². The molecule has 0 bridgehead atoms. The number of carbonyl (C=O) groups is 3. The SMILES string of the molecule is COC(=O)c1cc(NC(=O)Nc2ccc3[nH]c(=O)[nH]c3c2)cc(C(=O)OC)c1. The fraction of sp³-hybridized carbons (Fsp3) is 0.111. The van der Waals surface area contributed by atoms with Crippen molar-refractivity contribution < 1.29 is 23.9 Å². The number of hydrogen-bond donors (Lipinski definition) is 4. The molecule has 3 rings (SSSR count). The van der Waals surface area contributed by atoms with Crippen molar-refractivity contribution in [3.8, 4) is 0 Å². The number of aromatic nitrogens is 2. The molecule has 10 heteroatoms. The number of urea groups is 1. The van der Waals surface area contributed by atoms with E-state index in [-0.39, 0.29) is 22.5 Å². The summed E-state index contributed by atoms with van der Waals surface area (Å²) in [5.74, 6) is -1.34. The quantitative estimate of drug-likeness (QED) is 0.507. The highest BCUT2D eigenvalue weighted by molar-refractivity contribution is 6.03. The number of aromatic amines is 2. The summed E-state index contributed by atoms with van der Waals surface area (Å²) >= 11 is 0. The van der Waals surface area contributed by atoms with Gasteiger partial charge in [0.2, 0.25) is 0 Å². The molecule has 0 radical (unpaired) electrons. The summed E-state index contributed by atoms with van der Waals surface area (Å²) in [5, 5.41) is 5.14. The third-order valence-corrected chi connectivity index (χ3v) is 3.81. The second-order valence-corrected chi connectivity index (χ2v) is 5.70. The zero-order chi connectivity index (χ0) is 20.3. The van der Waals surface area contributed by atoms with E-state index in [2.05, 4.69) is 30.1 Å². The molecule has 0 aliphatic rings. The van der Waals surface area contributed by atoms with Crippen LogP contribution in [0.5, 0.6) is 0 Å². The van der Waals surface area contributed by atoms with Gasteiger partial charge in [-0.3, -0.25) is 0 Å².